The van der Waals surface area contributed by atoms with Crippen molar-refractivity contribution in [1.29, 1.82) is 0 Å². The third-order valence-electron chi connectivity index (χ3n) is 5.22. The van der Waals surface area contributed by atoms with Crippen molar-refractivity contribution in [3.63, 3.8) is 0 Å². The van der Waals surface area contributed by atoms with Gasteiger partial charge in [-0.1, -0.05) is 43.2 Å². The summed E-state index contributed by atoms with van der Waals surface area (Å²) < 4.78 is 0. The van der Waals surface area contributed by atoms with Crippen LogP contribution in [0, 0.1) is 0 Å². The predicted octanol–water partition coefficient (Wildman–Crippen LogP) is 1.97. The van der Waals surface area contributed by atoms with Crippen molar-refractivity contribution in [1.82, 2.24) is 5.32 Å². The molecule has 20 heavy (non-hydrogen) atoms. The van der Waals surface area contributed by atoms with E-state index in [4.69, 9.17) is 0 Å². The maximum absolute atomic E-state index is 10.4. The van der Waals surface area contributed by atoms with E-state index in [9.17, 15) is 10.2 Å². The molecule has 0 aliphatic heterocycles. The van der Waals surface area contributed by atoms with Gasteiger partial charge in [0.25, 0.3) is 0 Å². The van der Waals surface area contributed by atoms with Crippen LogP contribution >= 0.6 is 0 Å². The minimum atomic E-state index is -0.482. The van der Waals surface area contributed by atoms with Crippen LogP contribution in [0.5, 0.6) is 0 Å². The van der Waals surface area contributed by atoms with Gasteiger partial charge in [0, 0.05) is 18.0 Å². The summed E-state index contributed by atoms with van der Waals surface area (Å²) in [5.74, 6) is 0. The Labute approximate surface area is 121 Å². The van der Waals surface area contributed by atoms with Crippen molar-refractivity contribution in [2.75, 3.05) is 13.2 Å². The summed E-state index contributed by atoms with van der Waals surface area (Å²) >= 11 is 0. The van der Waals surface area contributed by atoms with Crippen LogP contribution in [0.3, 0.4) is 0 Å². The molecule has 2 fully saturated rings. The second-order valence-corrected chi connectivity index (χ2v) is 6.72. The van der Waals surface area contributed by atoms with Crippen LogP contribution in [-0.2, 0) is 5.41 Å². The molecule has 2 aliphatic carbocycles. The third kappa shape index (κ3) is 2.62. The molecule has 0 atom stereocenters. The predicted molar refractivity (Wildman–Crippen MR) is 79.6 cm³/mol. The molecule has 0 amide bonds. The third-order valence-corrected chi connectivity index (χ3v) is 5.22. The second kappa shape index (κ2) is 5.47. The van der Waals surface area contributed by atoms with Gasteiger partial charge in [-0.25, -0.2) is 0 Å². The first-order valence-corrected chi connectivity index (χ1v) is 7.78. The molecule has 1 aromatic rings. The Morgan fingerprint density at radius 1 is 1.10 bits per heavy atom. The zero-order valence-electron chi connectivity index (χ0n) is 12.0. The molecule has 0 saturated heterocycles. The van der Waals surface area contributed by atoms with Crippen molar-refractivity contribution in [2.24, 2.45) is 0 Å². The molecule has 3 N–H and O–H groups in total. The van der Waals surface area contributed by atoms with Crippen LogP contribution in [0.15, 0.2) is 30.3 Å². The molecule has 0 heterocycles. The van der Waals surface area contributed by atoms with E-state index in [0.717, 1.165) is 38.5 Å². The number of benzene rings is 1. The standard InChI is InChI=1S/C17H25NO2/c19-13-16(14-6-2-1-3-7-14)10-15(11-16)18-12-17(20)8-4-5-9-17/h1-3,6-7,15,18-20H,4-5,8-13H2. The van der Waals surface area contributed by atoms with E-state index in [2.05, 4.69) is 17.4 Å². The number of aliphatic hydroxyl groups is 2. The van der Waals surface area contributed by atoms with Crippen molar-refractivity contribution < 1.29 is 10.2 Å². The fraction of sp³-hybridized carbons (Fsp3) is 0.647. The van der Waals surface area contributed by atoms with Gasteiger partial charge in [0.2, 0.25) is 0 Å². The molecular weight excluding hydrogens is 250 g/mol. The lowest BCUT2D eigenvalue weighted by Crippen LogP contribution is -2.56. The van der Waals surface area contributed by atoms with Crippen molar-refractivity contribution in [3.05, 3.63) is 35.9 Å². The topological polar surface area (TPSA) is 52.5 Å². The Kier molecular flexibility index (Phi) is 3.85. The normalized spacial score (nSPS) is 32.0. The van der Waals surface area contributed by atoms with Crippen LogP contribution < -0.4 is 5.32 Å². The minimum Gasteiger partial charge on any atom is -0.395 e. The van der Waals surface area contributed by atoms with E-state index in [0.29, 0.717) is 12.6 Å². The fourth-order valence-corrected chi connectivity index (χ4v) is 3.82. The Morgan fingerprint density at radius 3 is 2.35 bits per heavy atom. The largest absolute Gasteiger partial charge is 0.395 e. The smallest absolute Gasteiger partial charge is 0.0771 e. The zero-order chi connectivity index (χ0) is 14.1. The fourth-order valence-electron chi connectivity index (χ4n) is 3.82. The first-order chi connectivity index (χ1) is 9.66. The second-order valence-electron chi connectivity index (χ2n) is 6.72. The lowest BCUT2D eigenvalue weighted by Gasteiger charge is -2.48. The summed E-state index contributed by atoms with van der Waals surface area (Å²) in [6.07, 6.45) is 6.07. The van der Waals surface area contributed by atoms with E-state index in [1.165, 1.54) is 5.56 Å². The van der Waals surface area contributed by atoms with Gasteiger partial charge in [0.1, 0.15) is 0 Å². The Balaban J connectivity index is 1.54. The van der Waals surface area contributed by atoms with E-state index >= 15 is 0 Å². The Bertz CT molecular complexity index is 434. The zero-order valence-corrected chi connectivity index (χ0v) is 12.0. The summed E-state index contributed by atoms with van der Waals surface area (Å²) in [4.78, 5) is 0. The molecule has 2 aliphatic rings. The number of aliphatic hydroxyl groups excluding tert-OH is 1. The van der Waals surface area contributed by atoms with Gasteiger partial charge in [-0.3, -0.25) is 0 Å². The van der Waals surface area contributed by atoms with E-state index < -0.39 is 5.60 Å². The summed E-state index contributed by atoms with van der Waals surface area (Å²) in [6, 6.07) is 10.7. The summed E-state index contributed by atoms with van der Waals surface area (Å²) in [7, 11) is 0. The van der Waals surface area contributed by atoms with Gasteiger partial charge >= 0.3 is 0 Å². The highest BCUT2D eigenvalue weighted by Crippen LogP contribution is 2.43. The van der Waals surface area contributed by atoms with Gasteiger partial charge < -0.3 is 15.5 Å². The van der Waals surface area contributed by atoms with Crippen molar-refractivity contribution in [3.8, 4) is 0 Å². The highest BCUT2D eigenvalue weighted by atomic mass is 16.3. The summed E-state index contributed by atoms with van der Waals surface area (Å²) in [6.45, 7) is 0.910. The van der Waals surface area contributed by atoms with Crippen LogP contribution in [0.25, 0.3) is 0 Å². The quantitative estimate of drug-likeness (QED) is 0.770. The monoisotopic (exact) mass is 275 g/mol. The number of rotatable bonds is 5. The maximum Gasteiger partial charge on any atom is 0.0771 e. The van der Waals surface area contributed by atoms with Gasteiger partial charge in [-0.2, -0.15) is 0 Å². The molecule has 110 valence electrons. The summed E-state index contributed by atoms with van der Waals surface area (Å²) in [5.41, 5.74) is 0.682. The average Bonchev–Trinajstić information content (AvgIpc) is 2.86. The molecule has 3 heteroatoms. The van der Waals surface area contributed by atoms with Crippen LogP contribution in [0.4, 0.5) is 0 Å². The Hall–Kier alpha value is -0.900. The lowest BCUT2D eigenvalue weighted by molar-refractivity contribution is 0.0276. The highest BCUT2D eigenvalue weighted by Gasteiger charge is 2.45. The van der Waals surface area contributed by atoms with Crippen LogP contribution in [0.2, 0.25) is 0 Å². The van der Waals surface area contributed by atoms with E-state index in [1.807, 2.05) is 18.2 Å². The Morgan fingerprint density at radius 2 is 1.75 bits per heavy atom. The van der Waals surface area contributed by atoms with E-state index in [-0.39, 0.29) is 12.0 Å². The van der Waals surface area contributed by atoms with Crippen molar-refractivity contribution >= 4 is 0 Å². The number of nitrogens with one attached hydrogen (secondary N) is 1. The van der Waals surface area contributed by atoms with Gasteiger partial charge in [-0.05, 0) is 31.2 Å². The molecule has 1 aromatic carbocycles. The molecule has 0 spiro atoms. The van der Waals surface area contributed by atoms with Crippen LogP contribution in [0.1, 0.15) is 44.1 Å². The lowest BCUT2D eigenvalue weighted by atomic mass is 9.62. The number of hydrogen-bond donors (Lipinski definition) is 3. The average molecular weight is 275 g/mol. The van der Waals surface area contributed by atoms with E-state index in [1.54, 1.807) is 0 Å². The molecule has 0 bridgehead atoms. The molecule has 0 radical (unpaired) electrons. The minimum absolute atomic E-state index is 0.0722. The first kappa shape index (κ1) is 14.1. The molecule has 2 saturated carbocycles. The summed E-state index contributed by atoms with van der Waals surface area (Å²) in [5, 5.41) is 23.6. The molecule has 3 rings (SSSR count). The molecular formula is C17H25NO2. The van der Waals surface area contributed by atoms with Gasteiger partial charge in [0.15, 0.2) is 0 Å². The highest BCUT2D eigenvalue weighted by molar-refractivity contribution is 5.30. The first-order valence-electron chi connectivity index (χ1n) is 7.78. The molecule has 0 unspecified atom stereocenters. The maximum atomic E-state index is 10.4. The molecule has 3 nitrogen and oxygen atoms in total. The molecule has 0 aromatic heterocycles. The van der Waals surface area contributed by atoms with Gasteiger partial charge in [-0.15, -0.1) is 0 Å². The van der Waals surface area contributed by atoms with Crippen molar-refractivity contribution in [2.45, 2.75) is 55.6 Å². The SMILES string of the molecule is OCC1(c2ccccc2)CC(NCC2(O)CCCC2)C1. The van der Waals surface area contributed by atoms with Gasteiger partial charge in [0.05, 0.1) is 12.2 Å². The number of hydrogen-bond acceptors (Lipinski definition) is 3. The van der Waals surface area contributed by atoms with Crippen LogP contribution in [-0.4, -0.2) is 35.0 Å².